The lowest BCUT2D eigenvalue weighted by Crippen LogP contribution is -2.25. The molecule has 0 fully saturated rings. The molecular weight excluding hydrogens is 212 g/mol. The van der Waals surface area contributed by atoms with E-state index in [0.29, 0.717) is 6.04 Å². The lowest BCUT2D eigenvalue weighted by atomic mass is 10.2. The number of benzene rings is 1. The molecule has 0 unspecified atom stereocenters. The predicted octanol–water partition coefficient (Wildman–Crippen LogP) is 2.49. The van der Waals surface area contributed by atoms with E-state index in [0.717, 1.165) is 11.4 Å². The Bertz CT molecular complexity index is 455. The van der Waals surface area contributed by atoms with E-state index in [4.69, 9.17) is 0 Å². The molecule has 0 atom stereocenters. The molecule has 1 aromatic rings. The SMILES string of the molecule is CC#CC(=O)Nc1cccc(N(C)C(C)C)c1. The number of hydrogen-bond acceptors (Lipinski definition) is 2. The number of nitrogens with zero attached hydrogens (tertiary/aromatic N) is 1. The third-order valence-corrected chi connectivity index (χ3v) is 2.52. The second kappa shape index (κ2) is 5.95. The van der Waals surface area contributed by atoms with Crippen LogP contribution in [0.4, 0.5) is 11.4 Å². The summed E-state index contributed by atoms with van der Waals surface area (Å²) in [6.45, 7) is 5.88. The van der Waals surface area contributed by atoms with Gasteiger partial charge in [0.1, 0.15) is 0 Å². The Morgan fingerprint density at radius 1 is 1.41 bits per heavy atom. The van der Waals surface area contributed by atoms with Crippen molar-refractivity contribution in [3.8, 4) is 11.8 Å². The largest absolute Gasteiger partial charge is 0.372 e. The van der Waals surface area contributed by atoms with Crippen molar-refractivity contribution in [2.75, 3.05) is 17.3 Å². The van der Waals surface area contributed by atoms with Crippen molar-refractivity contribution in [2.24, 2.45) is 0 Å². The van der Waals surface area contributed by atoms with Crippen LogP contribution in [0.15, 0.2) is 24.3 Å². The molecule has 1 aromatic carbocycles. The van der Waals surface area contributed by atoms with Gasteiger partial charge in [0.2, 0.25) is 0 Å². The average Bonchev–Trinajstić information content (AvgIpc) is 2.28. The van der Waals surface area contributed by atoms with Gasteiger partial charge in [0, 0.05) is 24.5 Å². The van der Waals surface area contributed by atoms with Crippen LogP contribution in [-0.2, 0) is 4.79 Å². The Kier molecular flexibility index (Phi) is 4.59. The van der Waals surface area contributed by atoms with Crippen LogP contribution in [-0.4, -0.2) is 19.0 Å². The molecule has 0 aliphatic heterocycles. The molecule has 0 spiro atoms. The second-order valence-corrected chi connectivity index (χ2v) is 4.08. The van der Waals surface area contributed by atoms with Gasteiger partial charge in [-0.1, -0.05) is 12.0 Å². The summed E-state index contributed by atoms with van der Waals surface area (Å²) in [5.74, 6) is 4.74. The molecule has 1 amide bonds. The number of nitrogens with one attached hydrogen (secondary N) is 1. The van der Waals surface area contributed by atoms with Gasteiger partial charge < -0.3 is 10.2 Å². The zero-order chi connectivity index (χ0) is 12.8. The van der Waals surface area contributed by atoms with Crippen LogP contribution in [0.1, 0.15) is 20.8 Å². The lowest BCUT2D eigenvalue weighted by molar-refractivity contribution is -0.111. The molecule has 0 aliphatic rings. The Morgan fingerprint density at radius 2 is 2.12 bits per heavy atom. The summed E-state index contributed by atoms with van der Waals surface area (Å²) in [6, 6.07) is 8.14. The molecule has 0 aromatic heterocycles. The quantitative estimate of drug-likeness (QED) is 0.809. The summed E-state index contributed by atoms with van der Waals surface area (Å²) in [5, 5.41) is 2.74. The highest BCUT2D eigenvalue weighted by molar-refractivity contribution is 6.04. The summed E-state index contributed by atoms with van der Waals surface area (Å²) in [6.07, 6.45) is 0. The van der Waals surface area contributed by atoms with E-state index in [2.05, 4.69) is 35.9 Å². The van der Waals surface area contributed by atoms with E-state index in [9.17, 15) is 4.79 Å². The summed E-state index contributed by atoms with van der Waals surface area (Å²) in [7, 11) is 2.03. The number of amides is 1. The predicted molar refractivity (Wildman–Crippen MR) is 72.1 cm³/mol. The standard InChI is InChI=1S/C14H18N2O/c1-5-7-14(17)15-12-8-6-9-13(10-12)16(4)11(2)3/h6,8-11H,1-4H3,(H,15,17). The number of anilines is 2. The second-order valence-electron chi connectivity index (χ2n) is 4.08. The van der Waals surface area contributed by atoms with Gasteiger partial charge in [-0.15, -0.1) is 0 Å². The van der Waals surface area contributed by atoms with Crippen molar-refractivity contribution < 1.29 is 4.79 Å². The van der Waals surface area contributed by atoms with E-state index in [1.54, 1.807) is 6.92 Å². The van der Waals surface area contributed by atoms with E-state index >= 15 is 0 Å². The van der Waals surface area contributed by atoms with Gasteiger partial charge in [-0.05, 0) is 44.9 Å². The highest BCUT2D eigenvalue weighted by Gasteiger charge is 2.06. The topological polar surface area (TPSA) is 32.3 Å². The molecule has 3 heteroatoms. The maximum atomic E-state index is 11.3. The molecule has 0 saturated heterocycles. The average molecular weight is 230 g/mol. The van der Waals surface area contributed by atoms with Crippen LogP contribution in [0.5, 0.6) is 0 Å². The lowest BCUT2D eigenvalue weighted by Gasteiger charge is -2.24. The van der Waals surface area contributed by atoms with Crippen molar-refractivity contribution >= 4 is 17.3 Å². The van der Waals surface area contributed by atoms with Crippen LogP contribution >= 0.6 is 0 Å². The summed E-state index contributed by atoms with van der Waals surface area (Å²) >= 11 is 0. The summed E-state index contributed by atoms with van der Waals surface area (Å²) in [5.41, 5.74) is 1.84. The molecule has 0 heterocycles. The third kappa shape index (κ3) is 3.84. The van der Waals surface area contributed by atoms with Gasteiger partial charge in [0.05, 0.1) is 0 Å². The molecule has 0 aliphatic carbocycles. The fourth-order valence-corrected chi connectivity index (χ4v) is 1.38. The fraction of sp³-hybridized carbons (Fsp3) is 0.357. The van der Waals surface area contributed by atoms with Crippen molar-refractivity contribution in [1.29, 1.82) is 0 Å². The van der Waals surface area contributed by atoms with Gasteiger partial charge in [0.15, 0.2) is 0 Å². The molecule has 90 valence electrons. The number of hydrogen-bond donors (Lipinski definition) is 1. The molecule has 17 heavy (non-hydrogen) atoms. The Hall–Kier alpha value is -1.95. The third-order valence-electron chi connectivity index (χ3n) is 2.52. The van der Waals surface area contributed by atoms with E-state index in [1.165, 1.54) is 0 Å². The zero-order valence-electron chi connectivity index (χ0n) is 10.7. The minimum absolute atomic E-state index is 0.281. The molecule has 1 rings (SSSR count). The van der Waals surface area contributed by atoms with Gasteiger partial charge in [-0.3, -0.25) is 4.79 Å². The van der Waals surface area contributed by atoms with Crippen molar-refractivity contribution in [3.05, 3.63) is 24.3 Å². The zero-order valence-corrected chi connectivity index (χ0v) is 10.7. The first-order chi connectivity index (χ1) is 8.04. The van der Waals surface area contributed by atoms with Crippen LogP contribution in [0, 0.1) is 11.8 Å². The minimum Gasteiger partial charge on any atom is -0.372 e. The number of carbonyl (C=O) groups excluding carboxylic acids is 1. The van der Waals surface area contributed by atoms with Gasteiger partial charge in [-0.25, -0.2) is 0 Å². The van der Waals surface area contributed by atoms with E-state index in [1.807, 2.05) is 31.3 Å². The summed E-state index contributed by atoms with van der Waals surface area (Å²) in [4.78, 5) is 13.5. The Labute approximate surface area is 103 Å². The Morgan fingerprint density at radius 3 is 2.71 bits per heavy atom. The number of rotatable bonds is 3. The molecule has 1 N–H and O–H groups in total. The molecular formula is C14H18N2O. The molecule has 3 nitrogen and oxygen atoms in total. The number of carbonyl (C=O) groups is 1. The minimum atomic E-state index is -0.281. The molecule has 0 bridgehead atoms. The van der Waals surface area contributed by atoms with E-state index < -0.39 is 0 Å². The van der Waals surface area contributed by atoms with Gasteiger partial charge in [-0.2, -0.15) is 0 Å². The van der Waals surface area contributed by atoms with Crippen LogP contribution in [0.3, 0.4) is 0 Å². The van der Waals surface area contributed by atoms with Crippen LogP contribution in [0.25, 0.3) is 0 Å². The van der Waals surface area contributed by atoms with Crippen molar-refractivity contribution in [2.45, 2.75) is 26.8 Å². The van der Waals surface area contributed by atoms with Gasteiger partial charge in [0.25, 0.3) is 5.91 Å². The highest BCUT2D eigenvalue weighted by Crippen LogP contribution is 2.19. The smallest absolute Gasteiger partial charge is 0.300 e. The first kappa shape index (κ1) is 13.1. The fourth-order valence-electron chi connectivity index (χ4n) is 1.38. The van der Waals surface area contributed by atoms with Crippen LogP contribution < -0.4 is 10.2 Å². The first-order valence-corrected chi connectivity index (χ1v) is 5.61. The Balaban J connectivity index is 2.85. The highest BCUT2D eigenvalue weighted by atomic mass is 16.1. The monoisotopic (exact) mass is 230 g/mol. The molecule has 0 saturated carbocycles. The van der Waals surface area contributed by atoms with Crippen LogP contribution in [0.2, 0.25) is 0 Å². The maximum Gasteiger partial charge on any atom is 0.300 e. The van der Waals surface area contributed by atoms with Crippen molar-refractivity contribution in [1.82, 2.24) is 0 Å². The van der Waals surface area contributed by atoms with Gasteiger partial charge >= 0.3 is 0 Å². The summed E-state index contributed by atoms with van der Waals surface area (Å²) < 4.78 is 0. The first-order valence-electron chi connectivity index (χ1n) is 5.61. The maximum absolute atomic E-state index is 11.3. The van der Waals surface area contributed by atoms with E-state index in [-0.39, 0.29) is 5.91 Å². The normalized spacial score (nSPS) is 9.47. The molecule has 0 radical (unpaired) electrons. The van der Waals surface area contributed by atoms with Crippen molar-refractivity contribution in [3.63, 3.8) is 0 Å².